The lowest BCUT2D eigenvalue weighted by Crippen LogP contribution is -2.34. The number of hydrogen-bond donors (Lipinski definition) is 2. The van der Waals surface area contributed by atoms with E-state index in [1.54, 1.807) is 30.9 Å². The second kappa shape index (κ2) is 7.55. The fourth-order valence-corrected chi connectivity index (χ4v) is 3.08. The molecule has 1 amide bonds. The number of rotatable bonds is 4. The fourth-order valence-electron chi connectivity index (χ4n) is 2.33. The van der Waals surface area contributed by atoms with Gasteiger partial charge in [0.2, 0.25) is 5.16 Å². The van der Waals surface area contributed by atoms with Crippen LogP contribution in [0.3, 0.4) is 0 Å². The van der Waals surface area contributed by atoms with Gasteiger partial charge in [0.05, 0.1) is 5.70 Å². The second-order valence-corrected chi connectivity index (χ2v) is 7.63. The Morgan fingerprint density at radius 2 is 2.11 bits per heavy atom. The molecule has 0 saturated carbocycles. The maximum atomic E-state index is 14.0. The van der Waals surface area contributed by atoms with E-state index >= 15 is 0 Å². The van der Waals surface area contributed by atoms with Crippen molar-refractivity contribution in [3.63, 3.8) is 0 Å². The van der Waals surface area contributed by atoms with Crippen molar-refractivity contribution in [2.45, 2.75) is 37.9 Å². The highest BCUT2D eigenvalue weighted by Gasteiger charge is 2.21. The third kappa shape index (κ3) is 4.76. The fraction of sp³-hybridized carbons (Fsp3) is 0.353. The summed E-state index contributed by atoms with van der Waals surface area (Å²) in [5.41, 5.74) is 3.15. The summed E-state index contributed by atoms with van der Waals surface area (Å²) in [5, 5.41) is 13.0. The van der Waals surface area contributed by atoms with E-state index in [1.807, 2.05) is 0 Å². The summed E-state index contributed by atoms with van der Waals surface area (Å²) in [6.07, 6.45) is -0.129. The summed E-state index contributed by atoms with van der Waals surface area (Å²) in [5.74, 6) is -0.750. The average Bonchev–Trinajstić information content (AvgIpc) is 2.95. The van der Waals surface area contributed by atoms with Crippen molar-refractivity contribution in [3.05, 3.63) is 46.6 Å². The molecule has 0 atom stereocenters. The lowest BCUT2D eigenvalue weighted by Gasteiger charge is -2.20. The first-order chi connectivity index (χ1) is 12.7. The number of halogens is 2. The minimum absolute atomic E-state index is 0.237. The molecule has 1 aliphatic rings. The normalized spacial score (nSPS) is 13.4. The van der Waals surface area contributed by atoms with Gasteiger partial charge >= 0.3 is 6.09 Å². The van der Waals surface area contributed by atoms with Crippen LogP contribution in [0.1, 0.15) is 32.2 Å². The van der Waals surface area contributed by atoms with Crippen molar-refractivity contribution in [3.8, 4) is 0 Å². The molecular formula is C17H19F2N5O2S. The Kier molecular flexibility index (Phi) is 5.36. The number of benzene rings is 1. The number of thioether (sulfide) groups is 1. The number of carbonyl (C=O) groups is 1. The number of fused-ring (bicyclic) bond motifs is 1. The van der Waals surface area contributed by atoms with Gasteiger partial charge in [0, 0.05) is 30.0 Å². The van der Waals surface area contributed by atoms with Crippen LogP contribution in [0.25, 0.3) is 5.70 Å². The highest BCUT2D eigenvalue weighted by atomic mass is 32.2. The Bertz CT molecular complexity index is 892. The van der Waals surface area contributed by atoms with Gasteiger partial charge in [-0.1, -0.05) is 11.8 Å². The largest absolute Gasteiger partial charge is 0.444 e. The molecule has 1 aromatic carbocycles. The monoisotopic (exact) mass is 395 g/mol. The molecular weight excluding hydrogens is 376 g/mol. The standard InChI is InChI=1S/C17H19F2N5O2S/c1-17(2,3)26-16(25)20-7-6-14-21-22-15-24(14)23-13(9-27-15)11-5-4-10(18)8-12(11)19/h4-5,8-9,23H,6-7H2,1-3H3,(H,20,25). The quantitative estimate of drug-likeness (QED) is 0.827. The Labute approximate surface area is 159 Å². The van der Waals surface area contributed by atoms with Crippen molar-refractivity contribution in [1.29, 1.82) is 0 Å². The van der Waals surface area contributed by atoms with Crippen molar-refractivity contribution in [1.82, 2.24) is 20.2 Å². The first kappa shape index (κ1) is 19.2. The molecule has 0 saturated heterocycles. The topological polar surface area (TPSA) is 81.1 Å². The minimum Gasteiger partial charge on any atom is -0.444 e. The molecule has 2 aromatic rings. The molecule has 1 aliphatic heterocycles. The molecule has 0 unspecified atom stereocenters. The van der Waals surface area contributed by atoms with E-state index in [1.165, 1.54) is 23.9 Å². The van der Waals surface area contributed by atoms with Crippen LogP contribution in [0.5, 0.6) is 0 Å². The molecule has 0 bridgehead atoms. The molecule has 2 N–H and O–H groups in total. The molecule has 0 fully saturated rings. The Morgan fingerprint density at radius 3 is 2.81 bits per heavy atom. The van der Waals surface area contributed by atoms with Crippen molar-refractivity contribution >= 4 is 23.6 Å². The van der Waals surface area contributed by atoms with Gasteiger partial charge in [0.1, 0.15) is 17.2 Å². The Hall–Kier alpha value is -2.62. The van der Waals surface area contributed by atoms with Gasteiger partial charge in [-0.15, -0.1) is 10.2 Å². The lowest BCUT2D eigenvalue weighted by molar-refractivity contribution is 0.0528. The van der Waals surface area contributed by atoms with Crippen LogP contribution in [0.2, 0.25) is 0 Å². The predicted molar refractivity (Wildman–Crippen MR) is 97.5 cm³/mol. The second-order valence-electron chi connectivity index (χ2n) is 6.80. The smallest absolute Gasteiger partial charge is 0.407 e. The number of carbonyl (C=O) groups excluding carboxylic acids is 1. The van der Waals surface area contributed by atoms with Gasteiger partial charge in [0.25, 0.3) is 0 Å². The van der Waals surface area contributed by atoms with Crippen LogP contribution in [0.4, 0.5) is 13.6 Å². The van der Waals surface area contributed by atoms with E-state index in [0.29, 0.717) is 29.6 Å². The van der Waals surface area contributed by atoms with E-state index in [2.05, 4.69) is 20.9 Å². The van der Waals surface area contributed by atoms with Crippen molar-refractivity contribution in [2.75, 3.05) is 12.0 Å². The molecule has 0 radical (unpaired) electrons. The van der Waals surface area contributed by atoms with Gasteiger partial charge in [-0.25, -0.2) is 18.3 Å². The van der Waals surface area contributed by atoms with E-state index in [0.717, 1.165) is 6.07 Å². The molecule has 7 nitrogen and oxygen atoms in total. The number of nitrogens with zero attached hydrogens (tertiary/aromatic N) is 3. The third-order valence-corrected chi connectivity index (χ3v) is 4.28. The summed E-state index contributed by atoms with van der Waals surface area (Å²) >= 11 is 1.27. The van der Waals surface area contributed by atoms with Crippen LogP contribution in [0, 0.1) is 11.6 Å². The van der Waals surface area contributed by atoms with E-state index in [4.69, 9.17) is 4.74 Å². The van der Waals surface area contributed by atoms with Crippen LogP contribution in [-0.2, 0) is 11.2 Å². The molecule has 27 heavy (non-hydrogen) atoms. The maximum absolute atomic E-state index is 14.0. The highest BCUT2D eigenvalue weighted by molar-refractivity contribution is 8.02. The van der Waals surface area contributed by atoms with Crippen LogP contribution in [-0.4, -0.2) is 33.1 Å². The molecule has 1 aromatic heterocycles. The van der Waals surface area contributed by atoms with Crippen LogP contribution >= 0.6 is 11.8 Å². The van der Waals surface area contributed by atoms with Gasteiger partial charge in [0.15, 0.2) is 5.82 Å². The van der Waals surface area contributed by atoms with Crippen LogP contribution in [0.15, 0.2) is 28.8 Å². The Balaban J connectivity index is 1.65. The summed E-state index contributed by atoms with van der Waals surface area (Å²) in [6.45, 7) is 5.64. The summed E-state index contributed by atoms with van der Waals surface area (Å²) < 4.78 is 33.9. The summed E-state index contributed by atoms with van der Waals surface area (Å²) in [6, 6.07) is 3.39. The average molecular weight is 395 g/mol. The maximum Gasteiger partial charge on any atom is 0.407 e. The summed E-state index contributed by atoms with van der Waals surface area (Å²) in [4.78, 5) is 11.7. The first-order valence-electron chi connectivity index (χ1n) is 8.23. The molecule has 144 valence electrons. The zero-order valence-corrected chi connectivity index (χ0v) is 15.9. The third-order valence-electron chi connectivity index (χ3n) is 3.45. The van der Waals surface area contributed by atoms with Gasteiger partial charge in [-0.05, 0) is 32.9 Å². The number of amides is 1. The Morgan fingerprint density at radius 1 is 1.33 bits per heavy atom. The van der Waals surface area contributed by atoms with Crippen molar-refractivity contribution in [2.24, 2.45) is 0 Å². The number of hydrogen-bond acceptors (Lipinski definition) is 6. The van der Waals surface area contributed by atoms with Gasteiger partial charge in [-0.2, -0.15) is 0 Å². The van der Waals surface area contributed by atoms with Crippen LogP contribution < -0.4 is 10.7 Å². The lowest BCUT2D eigenvalue weighted by atomic mass is 10.1. The van der Waals surface area contributed by atoms with E-state index in [-0.39, 0.29) is 5.56 Å². The molecule has 3 rings (SSSR count). The SMILES string of the molecule is CC(C)(C)OC(=O)NCCc1nnc2n1NC(c1ccc(F)cc1F)=CS2. The zero-order chi connectivity index (χ0) is 19.6. The predicted octanol–water partition coefficient (Wildman–Crippen LogP) is 3.27. The zero-order valence-electron chi connectivity index (χ0n) is 15.0. The number of ether oxygens (including phenoxy) is 1. The highest BCUT2D eigenvalue weighted by Crippen LogP contribution is 2.29. The molecule has 0 aliphatic carbocycles. The summed E-state index contributed by atoms with van der Waals surface area (Å²) in [7, 11) is 0. The minimum atomic E-state index is -0.668. The molecule has 0 spiro atoms. The number of nitrogens with one attached hydrogen (secondary N) is 2. The molecule has 10 heteroatoms. The van der Waals surface area contributed by atoms with Crippen molar-refractivity contribution < 1.29 is 18.3 Å². The number of alkyl carbamates (subject to hydrolysis) is 1. The van der Waals surface area contributed by atoms with Gasteiger partial charge in [-0.3, -0.25) is 5.43 Å². The van der Waals surface area contributed by atoms with E-state index < -0.39 is 23.3 Å². The van der Waals surface area contributed by atoms with E-state index in [9.17, 15) is 13.6 Å². The number of aromatic nitrogens is 3. The molecule has 2 heterocycles. The van der Waals surface area contributed by atoms with Gasteiger partial charge < -0.3 is 10.1 Å². The first-order valence-corrected chi connectivity index (χ1v) is 9.11.